The molecular weight excluding hydrogens is 442 g/mol. The lowest BCUT2D eigenvalue weighted by molar-refractivity contribution is 0.0545. The van der Waals surface area contributed by atoms with Crippen molar-refractivity contribution in [1.82, 2.24) is 10.6 Å². The highest BCUT2D eigenvalue weighted by atomic mass is 16.6. The Morgan fingerprint density at radius 1 is 0.800 bits per heavy atom. The number of amides is 2. The summed E-state index contributed by atoms with van der Waals surface area (Å²) in [5.41, 5.74) is 0.0390. The maximum atomic E-state index is 12.5. The summed E-state index contributed by atoms with van der Waals surface area (Å²) in [5.74, 6) is -0.0613. The topological polar surface area (TPSA) is 89.0 Å². The highest BCUT2D eigenvalue weighted by Crippen LogP contribution is 2.36. The van der Waals surface area contributed by atoms with Crippen molar-refractivity contribution in [1.29, 1.82) is 0 Å². The van der Waals surface area contributed by atoms with Crippen molar-refractivity contribution >= 4 is 18.1 Å². The monoisotopic (exact) mass is 479 g/mol. The van der Waals surface area contributed by atoms with E-state index in [1.54, 1.807) is 41.5 Å². The third-order valence-corrected chi connectivity index (χ3v) is 4.89. The Morgan fingerprint density at radius 2 is 1.20 bits per heavy atom. The third-order valence-electron chi connectivity index (χ3n) is 4.89. The molecule has 35 heavy (non-hydrogen) atoms. The molecule has 0 bridgehead atoms. The lowest BCUT2D eigenvalue weighted by atomic mass is 9.72. The Labute approximate surface area is 208 Å². The van der Waals surface area contributed by atoms with Gasteiger partial charge in [0.25, 0.3) is 0 Å². The maximum absolute atomic E-state index is 12.5. The molecule has 2 amide bonds. The van der Waals surface area contributed by atoms with Crippen molar-refractivity contribution in [3.63, 3.8) is 0 Å². The van der Waals surface area contributed by atoms with Crippen molar-refractivity contribution in [3.8, 4) is 0 Å². The molecule has 0 aromatic heterocycles. The Balaban J connectivity index is 2.49. The van der Waals surface area contributed by atoms with E-state index in [9.17, 15) is 9.59 Å². The second-order valence-corrected chi connectivity index (χ2v) is 10.2. The van der Waals surface area contributed by atoms with Crippen LogP contribution in [0.15, 0.2) is 78.3 Å². The number of nitrogens with one attached hydrogen (secondary N) is 2. The third kappa shape index (κ3) is 8.92. The predicted molar refractivity (Wildman–Crippen MR) is 140 cm³/mol. The molecule has 2 N–H and O–H groups in total. The smallest absolute Gasteiger partial charge is 0.414 e. The molecule has 2 aromatic rings. The van der Waals surface area contributed by atoms with Crippen molar-refractivity contribution in [2.45, 2.75) is 64.6 Å². The summed E-state index contributed by atoms with van der Waals surface area (Å²) in [6.07, 6.45) is 0.955. The van der Waals surface area contributed by atoms with E-state index in [0.717, 1.165) is 11.1 Å². The highest BCUT2D eigenvalue weighted by molar-refractivity contribution is 6.01. The maximum Gasteiger partial charge on any atom is 0.414 e. The van der Waals surface area contributed by atoms with Gasteiger partial charge in [0.05, 0.1) is 6.54 Å². The van der Waals surface area contributed by atoms with Crippen molar-refractivity contribution in [2.24, 2.45) is 4.99 Å². The molecule has 2 aromatic carbocycles. The van der Waals surface area contributed by atoms with Crippen LogP contribution in [0.1, 0.15) is 59.1 Å². The second-order valence-electron chi connectivity index (χ2n) is 10.2. The first kappa shape index (κ1) is 27.6. The van der Waals surface area contributed by atoms with E-state index in [2.05, 4.69) is 22.2 Å². The number of benzene rings is 2. The lowest BCUT2D eigenvalue weighted by Gasteiger charge is -2.33. The summed E-state index contributed by atoms with van der Waals surface area (Å²) in [6.45, 7) is 14.7. The number of nitrogens with zero attached hydrogens (tertiary/aromatic N) is 1. The molecule has 0 aliphatic heterocycles. The molecule has 0 saturated heterocycles. The van der Waals surface area contributed by atoms with Crippen LogP contribution in [0.3, 0.4) is 0 Å². The van der Waals surface area contributed by atoms with Crippen LogP contribution in [-0.2, 0) is 14.9 Å². The quantitative estimate of drug-likeness (QED) is 0.304. The summed E-state index contributed by atoms with van der Waals surface area (Å²) >= 11 is 0. The molecule has 2 rings (SSSR count). The number of hydrogen-bond donors (Lipinski definition) is 2. The predicted octanol–water partition coefficient (Wildman–Crippen LogP) is 5.95. The summed E-state index contributed by atoms with van der Waals surface area (Å²) in [7, 11) is 0. The van der Waals surface area contributed by atoms with Gasteiger partial charge in [-0.2, -0.15) is 0 Å². The Kier molecular flexibility index (Phi) is 9.23. The van der Waals surface area contributed by atoms with Crippen molar-refractivity contribution in [2.75, 3.05) is 6.54 Å². The Hall–Kier alpha value is -3.61. The zero-order chi connectivity index (χ0) is 26.1. The van der Waals surface area contributed by atoms with Gasteiger partial charge in [-0.3, -0.25) is 15.6 Å². The fraction of sp³-hybridized carbons (Fsp3) is 0.393. The van der Waals surface area contributed by atoms with Crippen LogP contribution in [0.25, 0.3) is 0 Å². The second kappa shape index (κ2) is 11.7. The van der Waals surface area contributed by atoms with Crippen LogP contribution in [0.4, 0.5) is 9.59 Å². The van der Waals surface area contributed by atoms with Gasteiger partial charge >= 0.3 is 12.2 Å². The van der Waals surface area contributed by atoms with Gasteiger partial charge in [0.1, 0.15) is 11.2 Å². The normalized spacial score (nSPS) is 11.7. The van der Waals surface area contributed by atoms with E-state index in [-0.39, 0.29) is 12.5 Å². The van der Waals surface area contributed by atoms with E-state index in [1.165, 1.54) is 0 Å². The van der Waals surface area contributed by atoms with Gasteiger partial charge in [-0.05, 0) is 59.1 Å². The summed E-state index contributed by atoms with van der Waals surface area (Å²) in [5, 5.41) is 5.12. The van der Waals surface area contributed by atoms with Gasteiger partial charge in [0.2, 0.25) is 5.96 Å². The molecule has 0 atom stereocenters. The SMILES string of the molecule is C=CCC(CN=C(NC(=O)OC(C)(C)C)NC(=O)OC(C)(C)C)(c1ccccc1)c1ccccc1. The summed E-state index contributed by atoms with van der Waals surface area (Å²) in [4.78, 5) is 29.7. The van der Waals surface area contributed by atoms with Gasteiger partial charge in [-0.15, -0.1) is 6.58 Å². The van der Waals surface area contributed by atoms with Gasteiger partial charge in [0, 0.05) is 5.41 Å². The minimum Gasteiger partial charge on any atom is -0.444 e. The highest BCUT2D eigenvalue weighted by Gasteiger charge is 2.33. The van der Waals surface area contributed by atoms with Gasteiger partial charge < -0.3 is 9.47 Å². The fourth-order valence-corrected chi connectivity index (χ4v) is 3.54. The van der Waals surface area contributed by atoms with Crippen molar-refractivity contribution in [3.05, 3.63) is 84.4 Å². The van der Waals surface area contributed by atoms with Crippen LogP contribution >= 0.6 is 0 Å². The molecular formula is C28H37N3O4. The van der Waals surface area contributed by atoms with Gasteiger partial charge in [0.15, 0.2) is 0 Å². The number of hydrogen-bond acceptors (Lipinski definition) is 5. The van der Waals surface area contributed by atoms with E-state index < -0.39 is 28.8 Å². The minimum atomic E-state index is -0.735. The van der Waals surface area contributed by atoms with Gasteiger partial charge in [-0.1, -0.05) is 66.7 Å². The van der Waals surface area contributed by atoms with Crippen molar-refractivity contribution < 1.29 is 19.1 Å². The number of carbonyl (C=O) groups is 2. The standard InChI is InChI=1S/C28H37N3O4/c1-8-19-28(21-15-11-9-12-16-21,22-17-13-10-14-18-22)20-29-23(30-24(32)34-26(2,3)4)31-25(33)35-27(5,6)7/h8-18H,1,19-20H2,2-7H3,(H2,29,30,31,32,33). The van der Waals surface area contributed by atoms with Crippen LogP contribution in [0.2, 0.25) is 0 Å². The first-order chi connectivity index (χ1) is 16.3. The van der Waals surface area contributed by atoms with E-state index in [0.29, 0.717) is 6.42 Å². The van der Waals surface area contributed by atoms with Crippen LogP contribution in [0.5, 0.6) is 0 Å². The number of carbonyl (C=O) groups excluding carboxylic acids is 2. The number of aliphatic imine (C=N–C) groups is 1. The number of ether oxygens (including phenoxy) is 2. The molecule has 0 fully saturated rings. The molecule has 0 aliphatic rings. The largest absolute Gasteiger partial charge is 0.444 e. The molecule has 188 valence electrons. The first-order valence-electron chi connectivity index (χ1n) is 11.6. The molecule has 0 heterocycles. The van der Waals surface area contributed by atoms with Crippen LogP contribution < -0.4 is 10.6 Å². The summed E-state index contributed by atoms with van der Waals surface area (Å²) < 4.78 is 10.7. The van der Waals surface area contributed by atoms with E-state index in [1.807, 2.05) is 66.7 Å². The minimum absolute atomic E-state index is 0.0613. The summed E-state index contributed by atoms with van der Waals surface area (Å²) in [6, 6.07) is 19.9. The number of alkyl carbamates (subject to hydrolysis) is 2. The Morgan fingerprint density at radius 3 is 1.54 bits per heavy atom. The molecule has 0 radical (unpaired) electrons. The first-order valence-corrected chi connectivity index (χ1v) is 11.6. The van der Waals surface area contributed by atoms with Crippen LogP contribution in [0, 0.1) is 0 Å². The zero-order valence-corrected chi connectivity index (χ0v) is 21.6. The van der Waals surface area contributed by atoms with Crippen LogP contribution in [-0.4, -0.2) is 35.9 Å². The molecule has 0 spiro atoms. The number of guanidine groups is 1. The average molecular weight is 480 g/mol. The fourth-order valence-electron chi connectivity index (χ4n) is 3.54. The molecule has 7 heteroatoms. The Bertz CT molecular complexity index is 948. The molecule has 0 saturated carbocycles. The van der Waals surface area contributed by atoms with E-state index in [4.69, 9.17) is 9.47 Å². The zero-order valence-electron chi connectivity index (χ0n) is 21.6. The molecule has 0 aliphatic carbocycles. The molecule has 0 unspecified atom stereocenters. The van der Waals surface area contributed by atoms with Gasteiger partial charge in [-0.25, -0.2) is 9.59 Å². The number of rotatable bonds is 6. The number of allylic oxidation sites excluding steroid dienone is 1. The average Bonchev–Trinajstić information content (AvgIpc) is 2.75. The van der Waals surface area contributed by atoms with E-state index >= 15 is 0 Å². The lowest BCUT2D eigenvalue weighted by Crippen LogP contribution is -2.48. The molecule has 7 nitrogen and oxygen atoms in total.